The van der Waals surface area contributed by atoms with Gasteiger partial charge in [-0.05, 0) is 23.6 Å². The van der Waals surface area contributed by atoms with Gasteiger partial charge in [0.2, 0.25) is 0 Å². The summed E-state index contributed by atoms with van der Waals surface area (Å²) >= 11 is 4.25. The summed E-state index contributed by atoms with van der Waals surface area (Å²) in [7, 11) is 0. The summed E-state index contributed by atoms with van der Waals surface area (Å²) in [6.07, 6.45) is 3.47. The minimum absolute atomic E-state index is 0.0896. The van der Waals surface area contributed by atoms with E-state index < -0.39 is 11.6 Å². The first-order chi connectivity index (χ1) is 9.38. The fourth-order valence-electron chi connectivity index (χ4n) is 1.79. The average molecular weight is 395 g/mol. The SMILES string of the molecule is CC(C)(C)Cc1c(F)c[c-]c(-n2cccn2)c1F.[Zn+][Br]. The fourth-order valence-corrected chi connectivity index (χ4v) is 1.79. The first kappa shape index (κ1) is 17.4. The molecule has 0 saturated carbocycles. The Labute approximate surface area is 134 Å². The number of hydrogen-bond donors (Lipinski definition) is 0. The zero-order chi connectivity index (χ0) is 15.3. The number of halogens is 3. The van der Waals surface area contributed by atoms with Crippen molar-refractivity contribution in [2.75, 3.05) is 0 Å². The third-order valence-electron chi connectivity index (χ3n) is 2.54. The number of nitrogens with zero attached hydrogens (tertiary/aromatic N) is 2. The molecule has 1 aromatic heterocycles. The Bertz CT molecular complexity index is 551. The summed E-state index contributed by atoms with van der Waals surface area (Å²) in [4.78, 5) is 0. The molecule has 0 unspecified atom stereocenters. The minimum atomic E-state index is -0.589. The van der Waals surface area contributed by atoms with E-state index in [1.807, 2.05) is 20.8 Å². The van der Waals surface area contributed by atoms with Crippen LogP contribution in [0.1, 0.15) is 26.3 Å². The van der Waals surface area contributed by atoms with Crippen molar-refractivity contribution < 1.29 is 25.1 Å². The molecule has 0 saturated heterocycles. The number of hydrogen-bond acceptors (Lipinski definition) is 1. The van der Waals surface area contributed by atoms with E-state index in [2.05, 4.69) is 24.8 Å². The number of rotatable bonds is 2. The van der Waals surface area contributed by atoms with Crippen LogP contribution in [0.25, 0.3) is 5.69 Å². The van der Waals surface area contributed by atoms with E-state index in [1.54, 1.807) is 18.5 Å². The summed E-state index contributed by atoms with van der Waals surface area (Å²) in [6, 6.07) is 5.43. The molecule has 0 spiro atoms. The van der Waals surface area contributed by atoms with E-state index in [9.17, 15) is 8.78 Å². The molecule has 0 fully saturated rings. The van der Waals surface area contributed by atoms with Crippen LogP contribution in [0.2, 0.25) is 0 Å². The molecule has 1 aromatic carbocycles. The van der Waals surface area contributed by atoms with Gasteiger partial charge in [0.05, 0.1) is 0 Å². The normalized spacial score (nSPS) is 11.0. The summed E-state index contributed by atoms with van der Waals surface area (Å²) < 4.78 is 29.3. The molecule has 2 rings (SSSR count). The van der Waals surface area contributed by atoms with E-state index in [-0.39, 0.29) is 16.7 Å². The number of aromatic nitrogens is 2. The van der Waals surface area contributed by atoms with Crippen molar-refractivity contribution in [1.82, 2.24) is 9.78 Å². The zero-order valence-electron chi connectivity index (χ0n) is 11.8. The van der Waals surface area contributed by atoms with Crippen molar-refractivity contribution in [3.05, 3.63) is 47.8 Å². The van der Waals surface area contributed by atoms with Crippen LogP contribution in [0.4, 0.5) is 8.78 Å². The third-order valence-corrected chi connectivity index (χ3v) is 2.54. The van der Waals surface area contributed by atoms with Gasteiger partial charge in [0.15, 0.2) is 0 Å². The first-order valence-electron chi connectivity index (χ1n) is 6.04. The van der Waals surface area contributed by atoms with Gasteiger partial charge in [0, 0.05) is 24.0 Å². The van der Waals surface area contributed by atoms with Crippen molar-refractivity contribution >= 4 is 13.6 Å². The molecule has 0 radical (unpaired) electrons. The second kappa shape index (κ2) is 7.42. The first-order valence-corrected chi connectivity index (χ1v) is 13.0. The zero-order valence-corrected chi connectivity index (χ0v) is 16.3. The molecular formula is C14H15BrF2N2Zn. The third kappa shape index (κ3) is 4.45. The molecule has 0 aliphatic rings. The molecule has 0 aliphatic heterocycles. The van der Waals surface area contributed by atoms with Crippen LogP contribution in [-0.2, 0) is 22.8 Å². The molecule has 0 amide bonds. The maximum atomic E-state index is 14.3. The van der Waals surface area contributed by atoms with Crippen LogP contribution in [0.3, 0.4) is 0 Å². The quantitative estimate of drug-likeness (QED) is 0.546. The van der Waals surface area contributed by atoms with Gasteiger partial charge < -0.3 is 0 Å². The molecule has 2 aromatic rings. The Balaban J connectivity index is 0.000000956. The summed E-state index contributed by atoms with van der Waals surface area (Å²) in [5, 5.41) is 3.94. The summed E-state index contributed by atoms with van der Waals surface area (Å²) in [5.41, 5.74) is 0.0529. The van der Waals surface area contributed by atoms with Crippen LogP contribution in [0, 0.1) is 23.1 Å². The van der Waals surface area contributed by atoms with Crippen molar-refractivity contribution in [2.45, 2.75) is 27.2 Å². The Morgan fingerprint density at radius 2 is 2.00 bits per heavy atom. The van der Waals surface area contributed by atoms with Gasteiger partial charge in [0.25, 0.3) is 0 Å². The van der Waals surface area contributed by atoms with Crippen LogP contribution >= 0.6 is 13.6 Å². The topological polar surface area (TPSA) is 17.8 Å². The standard InChI is InChI=1S/C14H15F2N2.BrH.Zn/c1-14(2,3)9-10-11(15)5-6-12(13(10)16)18-8-4-7-17-18;;/h4-5,7-8H,9H2,1-3H3;1H;/q-1;;+2/p-1. The summed E-state index contributed by atoms with van der Waals surface area (Å²) in [6.45, 7) is 5.82. The monoisotopic (exact) mass is 392 g/mol. The molecule has 0 N–H and O–H groups in total. The Kier molecular flexibility index (Phi) is 6.47. The van der Waals surface area contributed by atoms with Gasteiger partial charge in [-0.2, -0.15) is 11.2 Å². The second-order valence-corrected chi connectivity index (χ2v) is 5.47. The van der Waals surface area contributed by atoms with Gasteiger partial charge in [-0.1, -0.05) is 26.3 Å². The average Bonchev–Trinajstić information content (AvgIpc) is 2.89. The second-order valence-electron chi connectivity index (χ2n) is 5.47. The maximum absolute atomic E-state index is 14.3. The molecule has 1 heterocycles. The van der Waals surface area contributed by atoms with E-state index in [0.29, 0.717) is 6.42 Å². The Morgan fingerprint density at radius 1 is 1.35 bits per heavy atom. The molecular weight excluding hydrogens is 379 g/mol. The van der Waals surface area contributed by atoms with Crippen LogP contribution in [-0.4, -0.2) is 9.78 Å². The molecule has 0 aliphatic carbocycles. The Morgan fingerprint density at radius 3 is 2.50 bits per heavy atom. The van der Waals surface area contributed by atoms with Crippen LogP contribution in [0.15, 0.2) is 24.5 Å². The van der Waals surface area contributed by atoms with Crippen molar-refractivity contribution in [1.29, 1.82) is 0 Å². The van der Waals surface area contributed by atoms with Crippen molar-refractivity contribution in [2.24, 2.45) is 5.41 Å². The van der Waals surface area contributed by atoms with Gasteiger partial charge in [-0.15, -0.1) is 6.07 Å². The van der Waals surface area contributed by atoms with Crippen LogP contribution in [0.5, 0.6) is 0 Å². The van der Waals surface area contributed by atoms with E-state index in [0.717, 1.165) is 0 Å². The van der Waals surface area contributed by atoms with Crippen LogP contribution < -0.4 is 0 Å². The number of benzene rings is 1. The van der Waals surface area contributed by atoms with Gasteiger partial charge >= 0.3 is 30.0 Å². The predicted octanol–water partition coefficient (Wildman–Crippen LogP) is 4.38. The van der Waals surface area contributed by atoms with E-state index >= 15 is 0 Å². The van der Waals surface area contributed by atoms with E-state index in [1.165, 1.54) is 27.1 Å². The molecule has 0 bridgehead atoms. The molecule has 0 atom stereocenters. The fraction of sp³-hybridized carbons (Fsp3) is 0.357. The molecule has 2 nitrogen and oxygen atoms in total. The summed E-state index contributed by atoms with van der Waals surface area (Å²) in [5.74, 6) is -1.15. The molecule has 6 heteroatoms. The van der Waals surface area contributed by atoms with Crippen molar-refractivity contribution in [3.8, 4) is 5.69 Å². The molecule has 104 valence electrons. The van der Waals surface area contributed by atoms with Crippen molar-refractivity contribution in [3.63, 3.8) is 0 Å². The van der Waals surface area contributed by atoms with Gasteiger partial charge in [-0.25, -0.2) is 0 Å². The molecule has 20 heavy (non-hydrogen) atoms. The van der Waals surface area contributed by atoms with Gasteiger partial charge in [-0.3, -0.25) is 13.5 Å². The predicted molar refractivity (Wildman–Crippen MR) is 74.4 cm³/mol. The van der Waals surface area contributed by atoms with E-state index in [4.69, 9.17) is 0 Å². The Hall–Kier alpha value is -0.607. The van der Waals surface area contributed by atoms with Gasteiger partial charge in [0.1, 0.15) is 0 Å².